The molecule has 3 rings (SSSR count). The Morgan fingerprint density at radius 2 is 1.62 bits per heavy atom. The molecule has 78 valence electrons. The Morgan fingerprint density at radius 1 is 0.812 bits per heavy atom. The Hall–Kier alpha value is -1.18. The highest BCUT2D eigenvalue weighted by molar-refractivity contribution is 7.99. The van der Waals surface area contributed by atoms with Gasteiger partial charge in [0.15, 0.2) is 0 Å². The average Bonchev–Trinajstić information content (AvgIpc) is 2.48. The van der Waals surface area contributed by atoms with Crippen LogP contribution < -0.4 is 0 Å². The molecule has 0 aromatic heterocycles. The van der Waals surface area contributed by atoms with Crippen LogP contribution in [0, 0.1) is 0 Å². The first-order valence-corrected chi connectivity index (χ1v) is 6.27. The molecule has 2 aromatic rings. The first-order valence-electron chi connectivity index (χ1n) is 5.08. The standard InChI is InChI=1S/C14H9ClS/c15-12-5-3-7-14-11(12)9-8-10-4-1-2-6-13(10)16-14/h1-9H. The Morgan fingerprint density at radius 3 is 2.56 bits per heavy atom. The van der Waals surface area contributed by atoms with Gasteiger partial charge in [-0.3, -0.25) is 0 Å². The predicted molar refractivity (Wildman–Crippen MR) is 70.9 cm³/mol. The van der Waals surface area contributed by atoms with Crippen molar-refractivity contribution in [1.29, 1.82) is 0 Å². The van der Waals surface area contributed by atoms with Crippen molar-refractivity contribution in [2.45, 2.75) is 9.79 Å². The van der Waals surface area contributed by atoms with Crippen LogP contribution in [0.5, 0.6) is 0 Å². The summed E-state index contributed by atoms with van der Waals surface area (Å²) in [5, 5.41) is 0.814. The fourth-order valence-electron chi connectivity index (χ4n) is 1.77. The minimum atomic E-state index is 0.814. The van der Waals surface area contributed by atoms with Crippen LogP contribution in [0.3, 0.4) is 0 Å². The summed E-state index contributed by atoms with van der Waals surface area (Å²) in [6.07, 6.45) is 4.22. The molecule has 0 N–H and O–H groups in total. The normalized spacial score (nSPS) is 12.8. The van der Waals surface area contributed by atoms with Crippen molar-refractivity contribution in [2.75, 3.05) is 0 Å². The molecule has 2 heteroatoms. The lowest BCUT2D eigenvalue weighted by molar-refractivity contribution is 1.39. The molecule has 0 spiro atoms. The third-order valence-corrected chi connectivity index (χ3v) is 4.08. The van der Waals surface area contributed by atoms with E-state index in [4.69, 9.17) is 11.6 Å². The van der Waals surface area contributed by atoms with Gasteiger partial charge in [-0.05, 0) is 23.8 Å². The van der Waals surface area contributed by atoms with Gasteiger partial charge in [-0.25, -0.2) is 0 Å². The third-order valence-electron chi connectivity index (χ3n) is 2.58. The summed E-state index contributed by atoms with van der Waals surface area (Å²) in [7, 11) is 0. The van der Waals surface area contributed by atoms with Gasteiger partial charge in [0.1, 0.15) is 0 Å². The molecule has 0 radical (unpaired) electrons. The molecule has 2 aromatic carbocycles. The van der Waals surface area contributed by atoms with Gasteiger partial charge in [0, 0.05) is 20.4 Å². The molecule has 0 saturated heterocycles. The summed E-state index contributed by atoms with van der Waals surface area (Å²) in [5.41, 5.74) is 2.37. The van der Waals surface area contributed by atoms with Gasteiger partial charge in [0.25, 0.3) is 0 Å². The molecule has 0 nitrogen and oxygen atoms in total. The maximum Gasteiger partial charge on any atom is 0.0489 e. The van der Waals surface area contributed by atoms with Crippen molar-refractivity contribution in [1.82, 2.24) is 0 Å². The quantitative estimate of drug-likeness (QED) is 0.538. The summed E-state index contributed by atoms with van der Waals surface area (Å²) in [6, 6.07) is 14.4. The van der Waals surface area contributed by atoms with E-state index in [1.807, 2.05) is 12.1 Å². The van der Waals surface area contributed by atoms with Crippen molar-refractivity contribution in [3.05, 3.63) is 58.6 Å². The van der Waals surface area contributed by atoms with E-state index in [9.17, 15) is 0 Å². The highest BCUT2D eigenvalue weighted by Crippen LogP contribution is 2.39. The van der Waals surface area contributed by atoms with E-state index < -0.39 is 0 Å². The summed E-state index contributed by atoms with van der Waals surface area (Å²) in [4.78, 5) is 2.49. The minimum Gasteiger partial charge on any atom is -0.0888 e. The van der Waals surface area contributed by atoms with Crippen LogP contribution in [0.15, 0.2) is 52.3 Å². The highest BCUT2D eigenvalue weighted by Gasteiger charge is 2.11. The summed E-state index contributed by atoms with van der Waals surface area (Å²) in [5.74, 6) is 0. The van der Waals surface area contributed by atoms with Gasteiger partial charge in [-0.1, -0.05) is 59.8 Å². The average molecular weight is 245 g/mol. The van der Waals surface area contributed by atoms with Crippen LogP contribution >= 0.6 is 23.4 Å². The fourth-order valence-corrected chi connectivity index (χ4v) is 3.14. The van der Waals surface area contributed by atoms with E-state index in [0.717, 1.165) is 10.6 Å². The van der Waals surface area contributed by atoms with Gasteiger partial charge < -0.3 is 0 Å². The van der Waals surface area contributed by atoms with E-state index in [1.54, 1.807) is 11.8 Å². The summed E-state index contributed by atoms with van der Waals surface area (Å²) in [6.45, 7) is 0. The van der Waals surface area contributed by atoms with E-state index in [2.05, 4.69) is 42.5 Å². The molecule has 0 unspecified atom stereocenters. The number of hydrogen-bond donors (Lipinski definition) is 0. The lowest BCUT2D eigenvalue weighted by Gasteiger charge is -2.05. The second-order valence-corrected chi connectivity index (χ2v) is 5.12. The molecule has 0 amide bonds. The number of benzene rings is 2. The zero-order valence-electron chi connectivity index (χ0n) is 8.48. The van der Waals surface area contributed by atoms with E-state index in [1.165, 1.54) is 15.4 Å². The van der Waals surface area contributed by atoms with Gasteiger partial charge in [-0.15, -0.1) is 0 Å². The van der Waals surface area contributed by atoms with Crippen LogP contribution in [0.25, 0.3) is 12.2 Å². The Balaban J connectivity index is 2.21. The maximum atomic E-state index is 6.19. The molecule has 0 bridgehead atoms. The Bertz CT molecular complexity index is 573. The molecule has 0 saturated carbocycles. The zero-order chi connectivity index (χ0) is 11.0. The van der Waals surface area contributed by atoms with Crippen molar-refractivity contribution in [3.8, 4) is 0 Å². The lowest BCUT2D eigenvalue weighted by Crippen LogP contribution is -1.79. The number of rotatable bonds is 0. The monoisotopic (exact) mass is 244 g/mol. The molecule has 0 aliphatic carbocycles. The molecule has 0 fully saturated rings. The van der Waals surface area contributed by atoms with E-state index >= 15 is 0 Å². The maximum absolute atomic E-state index is 6.19. The van der Waals surface area contributed by atoms with E-state index in [-0.39, 0.29) is 0 Å². The van der Waals surface area contributed by atoms with Gasteiger partial charge in [0.05, 0.1) is 0 Å². The van der Waals surface area contributed by atoms with Crippen LogP contribution in [0.4, 0.5) is 0 Å². The van der Waals surface area contributed by atoms with Crippen LogP contribution in [-0.2, 0) is 0 Å². The van der Waals surface area contributed by atoms with Gasteiger partial charge >= 0.3 is 0 Å². The SMILES string of the molecule is Clc1cccc2c1C=Cc1ccccc1S2. The lowest BCUT2D eigenvalue weighted by atomic mass is 10.1. The van der Waals surface area contributed by atoms with Crippen LogP contribution in [-0.4, -0.2) is 0 Å². The summed E-state index contributed by atoms with van der Waals surface area (Å²) >= 11 is 7.96. The number of fused-ring (bicyclic) bond motifs is 2. The van der Waals surface area contributed by atoms with Crippen molar-refractivity contribution < 1.29 is 0 Å². The fraction of sp³-hybridized carbons (Fsp3) is 0. The first-order chi connectivity index (χ1) is 7.84. The minimum absolute atomic E-state index is 0.814. The Kier molecular flexibility index (Phi) is 2.50. The van der Waals surface area contributed by atoms with Crippen LogP contribution in [0.2, 0.25) is 5.02 Å². The number of halogens is 1. The highest BCUT2D eigenvalue weighted by atomic mass is 35.5. The van der Waals surface area contributed by atoms with E-state index in [0.29, 0.717) is 0 Å². The van der Waals surface area contributed by atoms with Gasteiger partial charge in [-0.2, -0.15) is 0 Å². The van der Waals surface area contributed by atoms with Crippen LogP contribution in [0.1, 0.15) is 11.1 Å². The van der Waals surface area contributed by atoms with Crippen molar-refractivity contribution in [3.63, 3.8) is 0 Å². The molecule has 1 aliphatic rings. The van der Waals surface area contributed by atoms with Crippen molar-refractivity contribution >= 4 is 35.5 Å². The zero-order valence-corrected chi connectivity index (χ0v) is 10.1. The molecular weight excluding hydrogens is 236 g/mol. The molecule has 1 heterocycles. The smallest absolute Gasteiger partial charge is 0.0489 e. The van der Waals surface area contributed by atoms with Gasteiger partial charge in [0.2, 0.25) is 0 Å². The molecular formula is C14H9ClS. The molecule has 16 heavy (non-hydrogen) atoms. The molecule has 0 atom stereocenters. The third kappa shape index (κ3) is 1.66. The second-order valence-electron chi connectivity index (χ2n) is 3.62. The topological polar surface area (TPSA) is 0 Å². The van der Waals surface area contributed by atoms with Crippen molar-refractivity contribution in [2.24, 2.45) is 0 Å². The summed E-state index contributed by atoms with van der Waals surface area (Å²) < 4.78 is 0. The first kappa shape index (κ1) is 10.0. The number of hydrogen-bond acceptors (Lipinski definition) is 1. The molecule has 1 aliphatic heterocycles. The second kappa shape index (κ2) is 4.00. The Labute approximate surface area is 104 Å². The largest absolute Gasteiger partial charge is 0.0888 e. The predicted octanol–water partition coefficient (Wildman–Crippen LogP) is 4.98.